The molecule has 0 saturated carbocycles. The number of halogens is 1. The van der Waals surface area contributed by atoms with Gasteiger partial charge >= 0.3 is 0 Å². The van der Waals surface area contributed by atoms with Crippen LogP contribution in [-0.4, -0.2) is 33.1 Å². The summed E-state index contributed by atoms with van der Waals surface area (Å²) in [7, 11) is 0. The predicted molar refractivity (Wildman–Crippen MR) is 67.7 cm³/mol. The molecule has 1 aromatic heterocycles. The molecule has 0 atom stereocenters. The van der Waals surface area contributed by atoms with E-state index >= 15 is 0 Å². The predicted octanol–water partition coefficient (Wildman–Crippen LogP) is -0.421. The third-order valence-corrected chi connectivity index (χ3v) is 2.35. The molecule has 102 valence electrons. The van der Waals surface area contributed by atoms with Crippen molar-refractivity contribution in [3.63, 3.8) is 0 Å². The Morgan fingerprint density at radius 2 is 2.35 bits per heavy atom. The molecule has 1 heterocycles. The summed E-state index contributed by atoms with van der Waals surface area (Å²) in [6.07, 6.45) is 0. The highest BCUT2D eigenvalue weighted by Crippen LogP contribution is 2.10. The molecular weight excluding hydrogens is 263 g/mol. The van der Waals surface area contributed by atoms with Gasteiger partial charge in [0.15, 0.2) is 5.82 Å². The van der Waals surface area contributed by atoms with Gasteiger partial charge in [0.2, 0.25) is 0 Å². The molecule has 0 saturated heterocycles. The number of aromatic amines is 1. The van der Waals surface area contributed by atoms with Crippen LogP contribution in [0.25, 0.3) is 0 Å². The number of nitrogens with one attached hydrogen (secondary N) is 2. The zero-order valence-corrected chi connectivity index (χ0v) is 10.4. The Balaban J connectivity index is 2.16. The van der Waals surface area contributed by atoms with Crippen molar-refractivity contribution in [2.45, 2.75) is 6.54 Å². The van der Waals surface area contributed by atoms with Crippen LogP contribution < -0.4 is 11.1 Å². The van der Waals surface area contributed by atoms with Gasteiger partial charge in [0.05, 0.1) is 18.7 Å². The van der Waals surface area contributed by atoms with Crippen molar-refractivity contribution in [3.8, 4) is 11.8 Å². The molecule has 8 heteroatoms. The number of amides is 1. The van der Waals surface area contributed by atoms with Crippen LogP contribution in [-0.2, 0) is 6.54 Å². The van der Waals surface area contributed by atoms with E-state index in [4.69, 9.17) is 5.73 Å². The summed E-state index contributed by atoms with van der Waals surface area (Å²) in [5.41, 5.74) is 5.81. The lowest BCUT2D eigenvalue weighted by atomic mass is 10.1. The molecule has 20 heavy (non-hydrogen) atoms. The van der Waals surface area contributed by atoms with Gasteiger partial charge in [0.25, 0.3) is 5.91 Å². The van der Waals surface area contributed by atoms with Crippen LogP contribution in [0.4, 0.5) is 4.39 Å². The summed E-state index contributed by atoms with van der Waals surface area (Å²) >= 11 is 0. The number of nitrogens with zero attached hydrogens (tertiary/aromatic N) is 3. The first kappa shape index (κ1) is 13.6. The molecule has 0 fully saturated rings. The van der Waals surface area contributed by atoms with Crippen molar-refractivity contribution in [1.29, 1.82) is 0 Å². The first-order chi connectivity index (χ1) is 9.70. The minimum Gasteiger partial charge on any atom is -0.345 e. The highest BCUT2D eigenvalue weighted by molar-refractivity contribution is 5.96. The highest BCUT2D eigenvalue weighted by Gasteiger charge is 2.11. The average Bonchev–Trinajstić information content (AvgIpc) is 2.96. The minimum absolute atomic E-state index is 0.108. The Morgan fingerprint density at radius 1 is 1.50 bits per heavy atom. The van der Waals surface area contributed by atoms with E-state index in [-0.39, 0.29) is 24.2 Å². The highest BCUT2D eigenvalue weighted by atomic mass is 19.1. The van der Waals surface area contributed by atoms with E-state index in [1.54, 1.807) is 0 Å². The van der Waals surface area contributed by atoms with E-state index in [1.807, 2.05) is 0 Å². The Kier molecular flexibility index (Phi) is 4.36. The minimum atomic E-state index is -0.471. The number of rotatable bonds is 3. The average molecular weight is 274 g/mol. The fraction of sp³-hybridized carbons (Fsp3) is 0.167. The third-order valence-electron chi connectivity index (χ3n) is 2.35. The number of carbonyl (C=O) groups is 1. The van der Waals surface area contributed by atoms with Crippen LogP contribution in [0.3, 0.4) is 0 Å². The van der Waals surface area contributed by atoms with E-state index in [1.165, 1.54) is 18.2 Å². The number of hydrogen-bond acceptors (Lipinski definition) is 5. The largest absolute Gasteiger partial charge is 0.345 e. The summed E-state index contributed by atoms with van der Waals surface area (Å²) in [5, 5.41) is 15.6. The standard InChI is InChI=1S/C12H11FN6O/c13-9-3-4-10(8(6-9)2-1-5-14)12(20)15-7-11-16-18-19-17-11/h3-4,6H,5,7,14H2,(H,15,20)(H,16,17,18,19). The van der Waals surface area contributed by atoms with Crippen molar-refractivity contribution in [3.05, 3.63) is 41.0 Å². The van der Waals surface area contributed by atoms with Crippen LogP contribution in [0.5, 0.6) is 0 Å². The second kappa shape index (κ2) is 6.40. The van der Waals surface area contributed by atoms with Crippen molar-refractivity contribution in [2.24, 2.45) is 5.73 Å². The van der Waals surface area contributed by atoms with Crippen molar-refractivity contribution < 1.29 is 9.18 Å². The van der Waals surface area contributed by atoms with Gasteiger partial charge in [0.1, 0.15) is 5.82 Å². The van der Waals surface area contributed by atoms with Crippen molar-refractivity contribution in [1.82, 2.24) is 25.9 Å². The number of tetrazole rings is 1. The van der Waals surface area contributed by atoms with Gasteiger partial charge in [0, 0.05) is 5.56 Å². The van der Waals surface area contributed by atoms with E-state index in [9.17, 15) is 9.18 Å². The molecule has 0 unspecified atom stereocenters. The number of hydrogen-bond donors (Lipinski definition) is 3. The van der Waals surface area contributed by atoms with E-state index < -0.39 is 11.7 Å². The molecule has 0 bridgehead atoms. The van der Waals surface area contributed by atoms with Gasteiger partial charge in [-0.1, -0.05) is 17.1 Å². The van der Waals surface area contributed by atoms with Crippen LogP contribution in [0.1, 0.15) is 21.7 Å². The number of aromatic nitrogens is 4. The van der Waals surface area contributed by atoms with Gasteiger partial charge in [-0.05, 0) is 18.2 Å². The fourth-order valence-corrected chi connectivity index (χ4v) is 1.48. The monoisotopic (exact) mass is 274 g/mol. The molecule has 1 amide bonds. The topological polar surface area (TPSA) is 110 Å². The zero-order chi connectivity index (χ0) is 14.4. The first-order valence-corrected chi connectivity index (χ1v) is 5.69. The maximum absolute atomic E-state index is 13.2. The number of nitrogens with two attached hydrogens (primary N) is 1. The van der Waals surface area contributed by atoms with Gasteiger partial charge in [-0.2, -0.15) is 5.21 Å². The second-order valence-corrected chi connectivity index (χ2v) is 3.71. The molecule has 4 N–H and O–H groups in total. The lowest BCUT2D eigenvalue weighted by Crippen LogP contribution is -2.24. The first-order valence-electron chi connectivity index (χ1n) is 5.69. The molecule has 0 aliphatic carbocycles. The Labute approximate surface area is 113 Å². The van der Waals surface area contributed by atoms with Gasteiger partial charge in [-0.25, -0.2) is 4.39 Å². The van der Waals surface area contributed by atoms with E-state index in [2.05, 4.69) is 37.8 Å². The molecule has 0 spiro atoms. The van der Waals surface area contributed by atoms with Crippen molar-refractivity contribution in [2.75, 3.05) is 6.54 Å². The number of carbonyl (C=O) groups excluding carboxylic acids is 1. The Morgan fingerprint density at radius 3 is 3.05 bits per heavy atom. The molecular formula is C12H11FN6O. The van der Waals surface area contributed by atoms with Crippen LogP contribution >= 0.6 is 0 Å². The van der Waals surface area contributed by atoms with Crippen molar-refractivity contribution >= 4 is 5.91 Å². The quantitative estimate of drug-likeness (QED) is 0.658. The Bertz CT molecular complexity index is 658. The lowest BCUT2D eigenvalue weighted by Gasteiger charge is -2.05. The second-order valence-electron chi connectivity index (χ2n) is 3.71. The zero-order valence-electron chi connectivity index (χ0n) is 10.4. The van der Waals surface area contributed by atoms with Crippen LogP contribution in [0.2, 0.25) is 0 Å². The molecule has 7 nitrogen and oxygen atoms in total. The van der Waals surface area contributed by atoms with E-state index in [0.29, 0.717) is 5.82 Å². The molecule has 2 rings (SSSR count). The molecule has 0 aliphatic heterocycles. The van der Waals surface area contributed by atoms with Gasteiger partial charge in [-0.15, -0.1) is 10.2 Å². The maximum atomic E-state index is 13.2. The van der Waals surface area contributed by atoms with Gasteiger partial charge in [-0.3, -0.25) is 4.79 Å². The van der Waals surface area contributed by atoms with E-state index in [0.717, 1.165) is 0 Å². The maximum Gasteiger partial charge on any atom is 0.252 e. The molecule has 2 aromatic rings. The molecule has 0 radical (unpaired) electrons. The number of benzene rings is 1. The fourth-order valence-electron chi connectivity index (χ4n) is 1.48. The molecule has 1 aromatic carbocycles. The van der Waals surface area contributed by atoms with Gasteiger partial charge < -0.3 is 11.1 Å². The Hall–Kier alpha value is -2.79. The van der Waals surface area contributed by atoms with Crippen LogP contribution in [0, 0.1) is 17.7 Å². The summed E-state index contributed by atoms with van der Waals surface area (Å²) in [6.45, 7) is 0.233. The summed E-state index contributed by atoms with van der Waals surface area (Å²) in [5.74, 6) is 4.72. The van der Waals surface area contributed by atoms with Crippen LogP contribution in [0.15, 0.2) is 18.2 Å². The SMILES string of the molecule is NCC#Cc1cc(F)ccc1C(=O)NCc1nn[nH]n1. The normalized spacial score (nSPS) is 9.70. The smallest absolute Gasteiger partial charge is 0.252 e. The third kappa shape index (κ3) is 3.37. The summed E-state index contributed by atoms with van der Waals surface area (Å²) in [4.78, 5) is 12.0. The number of H-pyrrole nitrogens is 1. The summed E-state index contributed by atoms with van der Waals surface area (Å²) < 4.78 is 13.2. The summed E-state index contributed by atoms with van der Waals surface area (Å²) in [6, 6.07) is 3.74. The lowest BCUT2D eigenvalue weighted by molar-refractivity contribution is 0.0949. The molecule has 0 aliphatic rings.